The molecule has 13 heavy (non-hydrogen) atoms. The van der Waals surface area contributed by atoms with Gasteiger partial charge in [0.25, 0.3) is 0 Å². The van der Waals surface area contributed by atoms with Crippen molar-refractivity contribution < 1.29 is 4.42 Å². The van der Waals surface area contributed by atoms with Gasteiger partial charge in [-0.3, -0.25) is 0 Å². The molecule has 1 aromatic carbocycles. The highest BCUT2D eigenvalue weighted by Crippen LogP contribution is 2.26. The van der Waals surface area contributed by atoms with Crippen molar-refractivity contribution in [3.63, 3.8) is 0 Å². The molecule has 0 saturated carbocycles. The molecule has 0 saturated heterocycles. The van der Waals surface area contributed by atoms with Gasteiger partial charge in [0.2, 0.25) is 5.89 Å². The van der Waals surface area contributed by atoms with Crippen LogP contribution in [0.15, 0.2) is 35.1 Å². The van der Waals surface area contributed by atoms with Crippen molar-refractivity contribution in [2.75, 3.05) is 0 Å². The highest BCUT2D eigenvalue weighted by atomic mass is 35.5. The Morgan fingerprint density at radius 2 is 2.23 bits per heavy atom. The first-order valence-corrected chi connectivity index (χ1v) is 4.32. The summed E-state index contributed by atoms with van der Waals surface area (Å²) in [6, 6.07) is 5.67. The summed E-state index contributed by atoms with van der Waals surface area (Å²) in [5.74, 6) is 0.611. The quantitative estimate of drug-likeness (QED) is 0.695. The molecular formula is C10H8ClNO. The Balaban J connectivity index is 2.59. The van der Waals surface area contributed by atoms with Crippen LogP contribution >= 0.6 is 11.6 Å². The first kappa shape index (κ1) is 8.32. The highest BCUT2D eigenvalue weighted by molar-refractivity contribution is 6.31. The van der Waals surface area contributed by atoms with E-state index in [1.165, 1.54) is 0 Å². The van der Waals surface area contributed by atoms with E-state index in [1.54, 1.807) is 12.5 Å². The molecule has 0 amide bonds. The van der Waals surface area contributed by atoms with Gasteiger partial charge in [-0.25, -0.2) is 4.98 Å². The third kappa shape index (κ3) is 1.45. The molecule has 1 aromatic heterocycles. The van der Waals surface area contributed by atoms with E-state index >= 15 is 0 Å². The molecule has 2 aromatic rings. The molecule has 0 unspecified atom stereocenters. The second-order valence-electron chi connectivity index (χ2n) is 2.75. The minimum Gasteiger partial charge on any atom is -0.445 e. The molecule has 66 valence electrons. The number of halogens is 1. The van der Waals surface area contributed by atoms with Crippen LogP contribution < -0.4 is 0 Å². The molecule has 1 heterocycles. The van der Waals surface area contributed by atoms with Crippen LogP contribution in [0.2, 0.25) is 5.02 Å². The van der Waals surface area contributed by atoms with E-state index in [0.717, 1.165) is 16.1 Å². The summed E-state index contributed by atoms with van der Waals surface area (Å²) >= 11 is 5.96. The van der Waals surface area contributed by atoms with Crippen LogP contribution in [0.25, 0.3) is 11.5 Å². The van der Waals surface area contributed by atoms with Gasteiger partial charge in [0.1, 0.15) is 6.26 Å². The van der Waals surface area contributed by atoms with Crippen LogP contribution in [0, 0.1) is 6.92 Å². The van der Waals surface area contributed by atoms with Crippen LogP contribution in [-0.4, -0.2) is 4.98 Å². The molecule has 0 aliphatic carbocycles. The normalized spacial score (nSPS) is 10.3. The Hall–Kier alpha value is -1.28. The number of benzene rings is 1. The monoisotopic (exact) mass is 193 g/mol. The van der Waals surface area contributed by atoms with E-state index in [0.29, 0.717) is 5.89 Å². The van der Waals surface area contributed by atoms with Crippen molar-refractivity contribution in [2.45, 2.75) is 6.92 Å². The fraction of sp³-hybridized carbons (Fsp3) is 0.100. The van der Waals surface area contributed by atoms with Gasteiger partial charge < -0.3 is 4.42 Å². The second kappa shape index (κ2) is 3.23. The summed E-state index contributed by atoms with van der Waals surface area (Å²) in [5, 5.41) is 0.732. The number of hydrogen-bond acceptors (Lipinski definition) is 2. The third-order valence-electron chi connectivity index (χ3n) is 1.93. The average molecular weight is 194 g/mol. The van der Waals surface area contributed by atoms with Gasteiger partial charge in [-0.2, -0.15) is 0 Å². The standard InChI is InChI=1S/C10H8ClNO/c1-7-8(3-2-4-9(7)11)10-12-5-6-13-10/h2-6H,1H3. The fourth-order valence-corrected chi connectivity index (χ4v) is 1.37. The van der Waals surface area contributed by atoms with Crippen molar-refractivity contribution in [3.05, 3.63) is 41.2 Å². The lowest BCUT2D eigenvalue weighted by molar-refractivity contribution is 0.574. The number of aromatic nitrogens is 1. The fourth-order valence-electron chi connectivity index (χ4n) is 1.20. The van der Waals surface area contributed by atoms with Gasteiger partial charge in [0.15, 0.2) is 0 Å². The molecule has 0 aliphatic rings. The van der Waals surface area contributed by atoms with Gasteiger partial charge in [-0.15, -0.1) is 0 Å². The Kier molecular flexibility index (Phi) is 2.07. The van der Waals surface area contributed by atoms with Crippen LogP contribution in [0.4, 0.5) is 0 Å². The summed E-state index contributed by atoms with van der Waals surface area (Å²) in [4.78, 5) is 4.06. The SMILES string of the molecule is Cc1c(Cl)cccc1-c1ncco1. The van der Waals surface area contributed by atoms with E-state index in [2.05, 4.69) is 4.98 Å². The van der Waals surface area contributed by atoms with Crippen molar-refractivity contribution >= 4 is 11.6 Å². The summed E-state index contributed by atoms with van der Waals surface area (Å²) in [6.45, 7) is 1.95. The van der Waals surface area contributed by atoms with Crippen molar-refractivity contribution in [2.24, 2.45) is 0 Å². The Bertz CT molecular complexity index is 409. The van der Waals surface area contributed by atoms with Crippen LogP contribution in [0.1, 0.15) is 5.56 Å². The van der Waals surface area contributed by atoms with Gasteiger partial charge in [-0.05, 0) is 24.6 Å². The second-order valence-corrected chi connectivity index (χ2v) is 3.16. The zero-order valence-corrected chi connectivity index (χ0v) is 7.88. The zero-order valence-electron chi connectivity index (χ0n) is 7.12. The van der Waals surface area contributed by atoms with Crippen LogP contribution in [0.5, 0.6) is 0 Å². The van der Waals surface area contributed by atoms with E-state index < -0.39 is 0 Å². The number of oxazole rings is 1. The Morgan fingerprint density at radius 3 is 2.92 bits per heavy atom. The lowest BCUT2D eigenvalue weighted by Crippen LogP contribution is -1.83. The van der Waals surface area contributed by atoms with E-state index in [-0.39, 0.29) is 0 Å². The first-order valence-electron chi connectivity index (χ1n) is 3.94. The van der Waals surface area contributed by atoms with Crippen molar-refractivity contribution in [1.29, 1.82) is 0 Å². The molecule has 0 radical (unpaired) electrons. The maximum absolute atomic E-state index is 5.96. The van der Waals surface area contributed by atoms with Gasteiger partial charge in [0.05, 0.1) is 6.20 Å². The smallest absolute Gasteiger partial charge is 0.226 e. The zero-order chi connectivity index (χ0) is 9.26. The summed E-state index contributed by atoms with van der Waals surface area (Å²) in [7, 11) is 0. The van der Waals surface area contributed by atoms with Crippen molar-refractivity contribution in [1.82, 2.24) is 4.98 Å². The van der Waals surface area contributed by atoms with E-state index in [9.17, 15) is 0 Å². The summed E-state index contributed by atoms with van der Waals surface area (Å²) in [6.07, 6.45) is 3.17. The Labute approximate surface area is 81.2 Å². The molecule has 0 N–H and O–H groups in total. The minimum atomic E-state index is 0.611. The number of nitrogens with zero attached hydrogens (tertiary/aromatic N) is 1. The molecule has 2 rings (SSSR count). The average Bonchev–Trinajstić information content (AvgIpc) is 2.62. The molecule has 0 spiro atoms. The van der Waals surface area contributed by atoms with Crippen LogP contribution in [-0.2, 0) is 0 Å². The van der Waals surface area contributed by atoms with Gasteiger partial charge in [-0.1, -0.05) is 17.7 Å². The predicted molar refractivity (Wildman–Crippen MR) is 51.7 cm³/mol. The lowest BCUT2D eigenvalue weighted by atomic mass is 10.1. The van der Waals surface area contributed by atoms with Gasteiger partial charge >= 0.3 is 0 Å². The van der Waals surface area contributed by atoms with E-state index in [1.807, 2.05) is 25.1 Å². The summed E-state index contributed by atoms with van der Waals surface area (Å²) < 4.78 is 5.19. The molecule has 0 fully saturated rings. The largest absolute Gasteiger partial charge is 0.445 e. The minimum absolute atomic E-state index is 0.611. The molecule has 0 atom stereocenters. The lowest BCUT2D eigenvalue weighted by Gasteiger charge is -2.02. The molecular weight excluding hydrogens is 186 g/mol. The number of rotatable bonds is 1. The maximum Gasteiger partial charge on any atom is 0.226 e. The maximum atomic E-state index is 5.96. The van der Waals surface area contributed by atoms with Crippen molar-refractivity contribution in [3.8, 4) is 11.5 Å². The molecule has 0 bridgehead atoms. The molecule has 2 nitrogen and oxygen atoms in total. The molecule has 0 aliphatic heterocycles. The van der Waals surface area contributed by atoms with Crippen LogP contribution in [0.3, 0.4) is 0 Å². The first-order chi connectivity index (χ1) is 6.29. The molecule has 3 heteroatoms. The predicted octanol–water partition coefficient (Wildman–Crippen LogP) is 3.30. The topological polar surface area (TPSA) is 26.0 Å². The third-order valence-corrected chi connectivity index (χ3v) is 2.34. The van der Waals surface area contributed by atoms with Gasteiger partial charge in [0, 0.05) is 10.6 Å². The van der Waals surface area contributed by atoms with E-state index in [4.69, 9.17) is 16.0 Å². The summed E-state index contributed by atoms with van der Waals surface area (Å²) in [5.41, 5.74) is 1.93. The number of hydrogen-bond donors (Lipinski definition) is 0. The highest BCUT2D eigenvalue weighted by Gasteiger charge is 2.07. The Morgan fingerprint density at radius 1 is 1.38 bits per heavy atom.